The Kier molecular flexibility index (Phi) is 4.96. The van der Waals surface area contributed by atoms with Gasteiger partial charge in [-0.1, -0.05) is 25.4 Å². The van der Waals surface area contributed by atoms with Crippen molar-refractivity contribution in [2.75, 3.05) is 25.6 Å². The molecule has 0 atom stereocenters. The quantitative estimate of drug-likeness (QED) is 0.819. The van der Waals surface area contributed by atoms with E-state index in [9.17, 15) is 4.79 Å². The predicted octanol–water partition coefficient (Wildman–Crippen LogP) is 1.90. The molecule has 1 heterocycles. The van der Waals surface area contributed by atoms with Gasteiger partial charge in [0.2, 0.25) is 0 Å². The lowest BCUT2D eigenvalue weighted by Crippen LogP contribution is -2.25. The average molecular weight is 260 g/mol. The van der Waals surface area contributed by atoms with E-state index < -0.39 is 0 Å². The SMILES string of the molecule is COCCC(C)(C)CNc1cn[nH]c(=O)c1Cl. The third kappa shape index (κ3) is 4.36. The van der Waals surface area contributed by atoms with E-state index in [1.54, 1.807) is 7.11 Å². The van der Waals surface area contributed by atoms with Crippen molar-refractivity contribution in [3.63, 3.8) is 0 Å². The zero-order valence-electron chi connectivity index (χ0n) is 10.3. The van der Waals surface area contributed by atoms with E-state index in [0.29, 0.717) is 18.8 Å². The number of nitrogens with one attached hydrogen (secondary N) is 2. The Morgan fingerprint density at radius 3 is 2.94 bits per heavy atom. The summed E-state index contributed by atoms with van der Waals surface area (Å²) < 4.78 is 5.05. The van der Waals surface area contributed by atoms with E-state index in [1.165, 1.54) is 6.20 Å². The van der Waals surface area contributed by atoms with Crippen LogP contribution in [0.15, 0.2) is 11.0 Å². The fourth-order valence-corrected chi connectivity index (χ4v) is 1.47. The molecule has 0 aliphatic rings. The molecule has 1 rings (SSSR count). The largest absolute Gasteiger partial charge is 0.385 e. The van der Waals surface area contributed by atoms with Crippen LogP contribution in [0, 0.1) is 5.41 Å². The van der Waals surface area contributed by atoms with Crippen LogP contribution in [0.25, 0.3) is 0 Å². The molecular weight excluding hydrogens is 242 g/mol. The molecule has 1 aromatic heterocycles. The molecule has 0 aromatic carbocycles. The number of aromatic nitrogens is 2. The van der Waals surface area contributed by atoms with Gasteiger partial charge in [0.05, 0.1) is 11.9 Å². The molecule has 96 valence electrons. The average Bonchev–Trinajstić information content (AvgIpc) is 2.29. The van der Waals surface area contributed by atoms with Crippen LogP contribution in [0.3, 0.4) is 0 Å². The van der Waals surface area contributed by atoms with Crippen LogP contribution in [-0.2, 0) is 4.74 Å². The zero-order chi connectivity index (χ0) is 12.9. The molecule has 0 aliphatic heterocycles. The maximum atomic E-state index is 11.2. The van der Waals surface area contributed by atoms with Gasteiger partial charge in [-0.2, -0.15) is 5.10 Å². The van der Waals surface area contributed by atoms with E-state index in [1.807, 2.05) is 0 Å². The number of hydrogen-bond acceptors (Lipinski definition) is 4. The van der Waals surface area contributed by atoms with Crippen molar-refractivity contribution in [3.8, 4) is 0 Å². The molecule has 0 spiro atoms. The molecule has 0 fully saturated rings. The van der Waals surface area contributed by atoms with Gasteiger partial charge in [-0.15, -0.1) is 0 Å². The van der Waals surface area contributed by atoms with Crippen LogP contribution in [0.5, 0.6) is 0 Å². The zero-order valence-corrected chi connectivity index (χ0v) is 11.1. The predicted molar refractivity (Wildman–Crippen MR) is 68.6 cm³/mol. The van der Waals surface area contributed by atoms with Crippen LogP contribution < -0.4 is 10.9 Å². The fraction of sp³-hybridized carbons (Fsp3) is 0.636. The Labute approximate surface area is 106 Å². The standard InChI is InChI=1S/C11H18ClN3O2/c1-11(2,4-5-17-3)7-13-8-6-14-15-10(16)9(8)12/h6H,4-5,7H2,1-3H3,(H2,13,15,16). The number of hydrogen-bond donors (Lipinski definition) is 2. The highest BCUT2D eigenvalue weighted by Crippen LogP contribution is 2.22. The van der Waals surface area contributed by atoms with Gasteiger partial charge in [0.25, 0.3) is 5.56 Å². The van der Waals surface area contributed by atoms with E-state index in [-0.39, 0.29) is 16.0 Å². The summed E-state index contributed by atoms with van der Waals surface area (Å²) in [6, 6.07) is 0. The number of rotatable bonds is 6. The van der Waals surface area contributed by atoms with Gasteiger partial charge >= 0.3 is 0 Å². The number of ether oxygens (including phenoxy) is 1. The molecule has 0 radical (unpaired) electrons. The monoisotopic (exact) mass is 259 g/mol. The molecule has 0 unspecified atom stereocenters. The Morgan fingerprint density at radius 1 is 1.59 bits per heavy atom. The summed E-state index contributed by atoms with van der Waals surface area (Å²) in [6.45, 7) is 5.64. The van der Waals surface area contributed by atoms with Crippen molar-refractivity contribution in [2.24, 2.45) is 5.41 Å². The number of H-pyrrole nitrogens is 1. The lowest BCUT2D eigenvalue weighted by atomic mass is 9.89. The highest BCUT2D eigenvalue weighted by Gasteiger charge is 2.18. The summed E-state index contributed by atoms with van der Waals surface area (Å²) in [5, 5.41) is 9.25. The van der Waals surface area contributed by atoms with Gasteiger partial charge in [-0.25, -0.2) is 5.10 Å². The number of nitrogens with zero attached hydrogens (tertiary/aromatic N) is 1. The lowest BCUT2D eigenvalue weighted by molar-refractivity contribution is 0.157. The number of halogens is 1. The molecule has 0 aliphatic carbocycles. The first-order valence-corrected chi connectivity index (χ1v) is 5.80. The summed E-state index contributed by atoms with van der Waals surface area (Å²) in [4.78, 5) is 11.2. The highest BCUT2D eigenvalue weighted by atomic mass is 35.5. The molecule has 0 amide bonds. The van der Waals surface area contributed by atoms with E-state index >= 15 is 0 Å². The molecule has 0 bridgehead atoms. The minimum atomic E-state index is -0.383. The van der Waals surface area contributed by atoms with Crippen molar-refractivity contribution in [1.82, 2.24) is 10.2 Å². The number of anilines is 1. The third-order valence-electron chi connectivity index (χ3n) is 2.54. The van der Waals surface area contributed by atoms with Crippen molar-refractivity contribution in [3.05, 3.63) is 21.6 Å². The van der Waals surface area contributed by atoms with Gasteiger partial charge in [0.15, 0.2) is 0 Å². The Hall–Kier alpha value is -1.07. The normalized spacial score (nSPS) is 11.5. The summed E-state index contributed by atoms with van der Waals surface area (Å²) in [5.74, 6) is 0. The first kappa shape index (κ1) is 14.0. The van der Waals surface area contributed by atoms with Crippen LogP contribution in [-0.4, -0.2) is 30.5 Å². The first-order chi connectivity index (χ1) is 7.96. The summed E-state index contributed by atoms with van der Waals surface area (Å²) in [5.41, 5.74) is 0.231. The molecule has 0 saturated heterocycles. The Balaban J connectivity index is 2.61. The van der Waals surface area contributed by atoms with Crippen LogP contribution in [0.4, 0.5) is 5.69 Å². The Bertz CT molecular complexity index is 417. The highest BCUT2D eigenvalue weighted by molar-refractivity contribution is 6.32. The minimum absolute atomic E-state index is 0.0575. The van der Waals surface area contributed by atoms with Gasteiger partial charge in [-0.3, -0.25) is 4.79 Å². The summed E-state index contributed by atoms with van der Waals surface area (Å²) in [6.07, 6.45) is 2.43. The van der Waals surface area contributed by atoms with Gasteiger partial charge in [0.1, 0.15) is 5.02 Å². The molecule has 2 N–H and O–H groups in total. The molecule has 17 heavy (non-hydrogen) atoms. The smallest absolute Gasteiger partial charge is 0.285 e. The minimum Gasteiger partial charge on any atom is -0.385 e. The summed E-state index contributed by atoms with van der Waals surface area (Å²) >= 11 is 5.86. The number of aromatic amines is 1. The third-order valence-corrected chi connectivity index (χ3v) is 2.91. The van der Waals surface area contributed by atoms with Crippen LogP contribution in [0.1, 0.15) is 20.3 Å². The topological polar surface area (TPSA) is 67.0 Å². The molecular formula is C11H18ClN3O2. The number of methoxy groups -OCH3 is 1. The second kappa shape index (κ2) is 6.02. The van der Waals surface area contributed by atoms with Crippen LogP contribution >= 0.6 is 11.6 Å². The lowest BCUT2D eigenvalue weighted by Gasteiger charge is -2.25. The maximum absolute atomic E-state index is 11.2. The van der Waals surface area contributed by atoms with Crippen molar-refractivity contribution in [2.45, 2.75) is 20.3 Å². The van der Waals surface area contributed by atoms with E-state index in [0.717, 1.165) is 6.42 Å². The van der Waals surface area contributed by atoms with E-state index in [4.69, 9.17) is 16.3 Å². The van der Waals surface area contributed by atoms with Crippen molar-refractivity contribution >= 4 is 17.3 Å². The fourth-order valence-electron chi connectivity index (χ4n) is 1.31. The second-order valence-corrected chi connectivity index (χ2v) is 5.07. The van der Waals surface area contributed by atoms with Gasteiger partial charge < -0.3 is 10.1 Å². The molecule has 6 heteroatoms. The van der Waals surface area contributed by atoms with Crippen LogP contribution in [0.2, 0.25) is 5.02 Å². The summed E-state index contributed by atoms with van der Waals surface area (Å²) in [7, 11) is 1.68. The Morgan fingerprint density at radius 2 is 2.29 bits per heavy atom. The maximum Gasteiger partial charge on any atom is 0.285 e. The molecule has 1 aromatic rings. The molecule has 5 nitrogen and oxygen atoms in total. The van der Waals surface area contributed by atoms with Gasteiger partial charge in [-0.05, 0) is 11.8 Å². The van der Waals surface area contributed by atoms with Gasteiger partial charge in [0, 0.05) is 20.3 Å². The second-order valence-electron chi connectivity index (χ2n) is 4.69. The van der Waals surface area contributed by atoms with Crippen molar-refractivity contribution in [1.29, 1.82) is 0 Å². The molecule has 0 saturated carbocycles. The van der Waals surface area contributed by atoms with Crippen molar-refractivity contribution < 1.29 is 4.74 Å². The van der Waals surface area contributed by atoms with E-state index in [2.05, 4.69) is 29.4 Å². The first-order valence-electron chi connectivity index (χ1n) is 5.42.